The Bertz CT molecular complexity index is 351. The lowest BCUT2D eigenvalue weighted by molar-refractivity contribution is 0.407. The molecule has 2 nitrogen and oxygen atoms in total. The number of rotatable bonds is 1. The molecule has 0 heterocycles. The van der Waals surface area contributed by atoms with Crippen LogP contribution in [0.3, 0.4) is 0 Å². The molecule has 0 saturated carbocycles. The van der Waals surface area contributed by atoms with E-state index in [1.807, 2.05) is 6.07 Å². The highest BCUT2D eigenvalue weighted by molar-refractivity contribution is 5.40. The van der Waals surface area contributed by atoms with Gasteiger partial charge in [-0.1, -0.05) is 0 Å². The maximum absolute atomic E-state index is 13.6. The molecule has 76 valence electrons. The SMILES string of the molecule is COc1cc(F)c2c(c1)[C@H](N)CCC2. The third kappa shape index (κ3) is 1.48. The second-order valence-corrected chi connectivity index (χ2v) is 3.68. The molecule has 14 heavy (non-hydrogen) atoms. The van der Waals surface area contributed by atoms with Gasteiger partial charge in [-0.15, -0.1) is 0 Å². The van der Waals surface area contributed by atoms with E-state index in [1.165, 1.54) is 13.2 Å². The zero-order valence-corrected chi connectivity index (χ0v) is 8.22. The molecular weight excluding hydrogens is 181 g/mol. The van der Waals surface area contributed by atoms with Crippen LogP contribution in [0.2, 0.25) is 0 Å². The molecule has 3 heteroatoms. The van der Waals surface area contributed by atoms with Gasteiger partial charge < -0.3 is 10.5 Å². The lowest BCUT2D eigenvalue weighted by atomic mass is 9.88. The van der Waals surface area contributed by atoms with E-state index >= 15 is 0 Å². The van der Waals surface area contributed by atoms with Crippen LogP contribution in [0, 0.1) is 5.82 Å². The molecule has 0 spiro atoms. The van der Waals surface area contributed by atoms with Crippen molar-refractivity contribution >= 4 is 0 Å². The van der Waals surface area contributed by atoms with E-state index in [4.69, 9.17) is 10.5 Å². The molecular formula is C11H14FNO. The normalized spacial score (nSPS) is 20.4. The van der Waals surface area contributed by atoms with Crippen LogP contribution in [0.25, 0.3) is 0 Å². The number of benzene rings is 1. The Kier molecular flexibility index (Phi) is 2.42. The molecule has 0 bridgehead atoms. The summed E-state index contributed by atoms with van der Waals surface area (Å²) in [6.07, 6.45) is 2.69. The Morgan fingerprint density at radius 3 is 3.00 bits per heavy atom. The fourth-order valence-electron chi connectivity index (χ4n) is 2.00. The second-order valence-electron chi connectivity index (χ2n) is 3.68. The van der Waals surface area contributed by atoms with Crippen LogP contribution in [-0.2, 0) is 6.42 Å². The van der Waals surface area contributed by atoms with Crippen molar-refractivity contribution in [2.45, 2.75) is 25.3 Å². The van der Waals surface area contributed by atoms with Crippen molar-refractivity contribution in [2.75, 3.05) is 7.11 Å². The maximum atomic E-state index is 13.6. The molecule has 0 unspecified atom stereocenters. The first-order valence-corrected chi connectivity index (χ1v) is 4.84. The Labute approximate surface area is 82.9 Å². The summed E-state index contributed by atoms with van der Waals surface area (Å²) < 4.78 is 18.6. The average Bonchev–Trinajstić information content (AvgIpc) is 2.19. The molecule has 2 N–H and O–H groups in total. The van der Waals surface area contributed by atoms with Gasteiger partial charge in [-0.2, -0.15) is 0 Å². The van der Waals surface area contributed by atoms with Gasteiger partial charge in [0, 0.05) is 12.1 Å². The van der Waals surface area contributed by atoms with E-state index in [9.17, 15) is 4.39 Å². The minimum Gasteiger partial charge on any atom is -0.497 e. The predicted octanol–water partition coefficient (Wildman–Crippen LogP) is 2.17. The van der Waals surface area contributed by atoms with Gasteiger partial charge in [-0.25, -0.2) is 4.39 Å². The van der Waals surface area contributed by atoms with Crippen molar-refractivity contribution in [3.63, 3.8) is 0 Å². The molecule has 0 radical (unpaired) electrons. The highest BCUT2D eigenvalue weighted by Gasteiger charge is 2.20. The van der Waals surface area contributed by atoms with Crippen LogP contribution in [0.4, 0.5) is 4.39 Å². The van der Waals surface area contributed by atoms with Crippen molar-refractivity contribution in [3.05, 3.63) is 29.1 Å². The molecule has 0 aromatic heterocycles. The molecule has 1 aromatic rings. The number of halogens is 1. The van der Waals surface area contributed by atoms with E-state index in [-0.39, 0.29) is 11.9 Å². The number of hydrogen-bond acceptors (Lipinski definition) is 2. The summed E-state index contributed by atoms with van der Waals surface area (Å²) in [5.41, 5.74) is 7.59. The van der Waals surface area contributed by atoms with E-state index in [0.29, 0.717) is 5.75 Å². The first-order chi connectivity index (χ1) is 6.72. The van der Waals surface area contributed by atoms with Crippen molar-refractivity contribution in [2.24, 2.45) is 5.73 Å². The molecule has 0 aliphatic heterocycles. The Hall–Kier alpha value is -1.09. The summed E-state index contributed by atoms with van der Waals surface area (Å²) in [5, 5.41) is 0. The third-order valence-electron chi connectivity index (χ3n) is 2.78. The minimum absolute atomic E-state index is 0.0386. The smallest absolute Gasteiger partial charge is 0.130 e. The standard InChI is InChI=1S/C11H14FNO/c1-14-7-5-9-8(10(12)6-7)3-2-4-11(9)13/h5-6,11H,2-4,13H2,1H3/t11-/m1/s1. The summed E-state index contributed by atoms with van der Waals surface area (Å²) in [5.74, 6) is 0.369. The van der Waals surface area contributed by atoms with E-state index in [0.717, 1.165) is 30.4 Å². The monoisotopic (exact) mass is 195 g/mol. The average molecular weight is 195 g/mol. The summed E-state index contributed by atoms with van der Waals surface area (Å²) in [7, 11) is 1.54. The van der Waals surface area contributed by atoms with Crippen molar-refractivity contribution in [3.8, 4) is 5.75 Å². The van der Waals surface area contributed by atoms with Crippen LogP contribution in [0.1, 0.15) is 30.0 Å². The molecule has 0 amide bonds. The number of fused-ring (bicyclic) bond motifs is 1. The Balaban J connectivity index is 2.51. The number of nitrogens with two attached hydrogens (primary N) is 1. The van der Waals surface area contributed by atoms with Crippen LogP contribution in [0.15, 0.2) is 12.1 Å². The first kappa shape index (κ1) is 9.46. The molecule has 0 fully saturated rings. The van der Waals surface area contributed by atoms with Crippen molar-refractivity contribution in [1.82, 2.24) is 0 Å². The molecule has 2 rings (SSSR count). The van der Waals surface area contributed by atoms with Gasteiger partial charge in [0.25, 0.3) is 0 Å². The Morgan fingerprint density at radius 1 is 1.50 bits per heavy atom. The Morgan fingerprint density at radius 2 is 2.29 bits per heavy atom. The summed E-state index contributed by atoms with van der Waals surface area (Å²) >= 11 is 0. The van der Waals surface area contributed by atoms with E-state index < -0.39 is 0 Å². The maximum Gasteiger partial charge on any atom is 0.130 e. The van der Waals surface area contributed by atoms with E-state index in [1.54, 1.807) is 0 Å². The second kappa shape index (κ2) is 3.58. The van der Waals surface area contributed by atoms with Gasteiger partial charge in [0.05, 0.1) is 7.11 Å². The fraction of sp³-hybridized carbons (Fsp3) is 0.455. The first-order valence-electron chi connectivity index (χ1n) is 4.84. The van der Waals surface area contributed by atoms with Gasteiger partial charge in [0.1, 0.15) is 11.6 Å². The summed E-state index contributed by atoms with van der Waals surface area (Å²) in [6.45, 7) is 0. The zero-order chi connectivity index (χ0) is 10.1. The van der Waals surface area contributed by atoms with Crippen molar-refractivity contribution in [1.29, 1.82) is 0 Å². The predicted molar refractivity (Wildman–Crippen MR) is 52.8 cm³/mol. The summed E-state index contributed by atoms with van der Waals surface area (Å²) in [4.78, 5) is 0. The molecule has 1 aliphatic rings. The third-order valence-corrected chi connectivity index (χ3v) is 2.78. The van der Waals surface area contributed by atoms with Gasteiger partial charge in [-0.05, 0) is 36.5 Å². The van der Waals surface area contributed by atoms with Crippen LogP contribution in [0.5, 0.6) is 5.75 Å². The molecule has 1 atom stereocenters. The lowest BCUT2D eigenvalue weighted by Crippen LogP contribution is -2.18. The number of hydrogen-bond donors (Lipinski definition) is 1. The molecule has 0 saturated heterocycles. The topological polar surface area (TPSA) is 35.2 Å². The van der Waals surface area contributed by atoms with Gasteiger partial charge in [0.2, 0.25) is 0 Å². The van der Waals surface area contributed by atoms with E-state index in [2.05, 4.69) is 0 Å². The largest absolute Gasteiger partial charge is 0.497 e. The summed E-state index contributed by atoms with van der Waals surface area (Å²) in [6, 6.07) is 3.24. The van der Waals surface area contributed by atoms with Crippen LogP contribution in [-0.4, -0.2) is 7.11 Å². The van der Waals surface area contributed by atoms with Crippen LogP contribution >= 0.6 is 0 Å². The van der Waals surface area contributed by atoms with Crippen LogP contribution < -0.4 is 10.5 Å². The van der Waals surface area contributed by atoms with Gasteiger partial charge in [0.15, 0.2) is 0 Å². The highest BCUT2D eigenvalue weighted by atomic mass is 19.1. The highest BCUT2D eigenvalue weighted by Crippen LogP contribution is 2.32. The fourth-order valence-corrected chi connectivity index (χ4v) is 2.00. The number of methoxy groups -OCH3 is 1. The zero-order valence-electron chi connectivity index (χ0n) is 8.22. The minimum atomic E-state index is -0.186. The number of ether oxygens (including phenoxy) is 1. The lowest BCUT2D eigenvalue weighted by Gasteiger charge is -2.23. The molecule has 1 aliphatic carbocycles. The molecule has 1 aromatic carbocycles. The van der Waals surface area contributed by atoms with Gasteiger partial charge >= 0.3 is 0 Å². The van der Waals surface area contributed by atoms with Gasteiger partial charge in [-0.3, -0.25) is 0 Å². The quantitative estimate of drug-likeness (QED) is 0.745. The van der Waals surface area contributed by atoms with Crippen molar-refractivity contribution < 1.29 is 9.13 Å².